The largest absolute Gasteiger partial charge is 0.347 e. The molecule has 2 saturated heterocycles. The van der Waals surface area contributed by atoms with Crippen molar-refractivity contribution < 1.29 is 9.72 Å². The normalized spacial score (nSPS) is 29.4. The Labute approximate surface area is 108 Å². The Morgan fingerprint density at radius 1 is 1.50 bits per heavy atom. The van der Waals surface area contributed by atoms with Crippen molar-refractivity contribution in [3.63, 3.8) is 0 Å². The summed E-state index contributed by atoms with van der Waals surface area (Å²) in [6, 6.07) is 3.10. The summed E-state index contributed by atoms with van der Waals surface area (Å²) in [4.78, 5) is 24.8. The molecule has 1 aromatic rings. The molecule has 2 unspecified atom stereocenters. The Morgan fingerprint density at radius 3 is 2.89 bits per heavy atom. The summed E-state index contributed by atoms with van der Waals surface area (Å²) >= 11 is 0.928. The van der Waals surface area contributed by atoms with Crippen LogP contribution in [0.5, 0.6) is 0 Å². The van der Waals surface area contributed by atoms with E-state index >= 15 is 0 Å². The molecular weight excluding hydrogens is 254 g/mol. The van der Waals surface area contributed by atoms with Crippen LogP contribution in [-0.2, 0) is 0 Å². The molecule has 0 radical (unpaired) electrons. The Balaban J connectivity index is 1.65. The molecule has 0 spiro atoms. The van der Waals surface area contributed by atoms with E-state index in [1.807, 2.05) is 0 Å². The summed E-state index contributed by atoms with van der Waals surface area (Å²) in [7, 11) is 0. The van der Waals surface area contributed by atoms with Gasteiger partial charge in [-0.05, 0) is 24.9 Å². The van der Waals surface area contributed by atoms with Crippen LogP contribution in [0.3, 0.4) is 0 Å². The number of carbonyl (C=O) groups excluding carboxylic acids is 1. The van der Waals surface area contributed by atoms with Gasteiger partial charge in [-0.25, -0.2) is 0 Å². The molecule has 7 heteroatoms. The number of hydrogen-bond donors (Lipinski definition) is 1. The first-order chi connectivity index (χ1) is 8.63. The number of nitro groups is 1. The summed E-state index contributed by atoms with van der Waals surface area (Å²) in [6.07, 6.45) is 1.13. The van der Waals surface area contributed by atoms with Gasteiger partial charge in [0, 0.05) is 25.2 Å². The van der Waals surface area contributed by atoms with Crippen molar-refractivity contribution in [1.82, 2.24) is 10.2 Å². The van der Waals surface area contributed by atoms with Crippen LogP contribution in [0.15, 0.2) is 12.1 Å². The second-order valence-corrected chi connectivity index (χ2v) is 5.85. The molecule has 2 bridgehead atoms. The van der Waals surface area contributed by atoms with Crippen LogP contribution in [0, 0.1) is 16.0 Å². The van der Waals surface area contributed by atoms with Gasteiger partial charge in [-0.15, -0.1) is 0 Å². The molecule has 96 valence electrons. The van der Waals surface area contributed by atoms with Crippen molar-refractivity contribution in [2.24, 2.45) is 5.92 Å². The number of nitrogens with one attached hydrogen (secondary N) is 1. The van der Waals surface area contributed by atoms with Crippen LogP contribution in [0.1, 0.15) is 16.1 Å². The van der Waals surface area contributed by atoms with Crippen LogP contribution in [0.25, 0.3) is 0 Å². The van der Waals surface area contributed by atoms with Gasteiger partial charge in [-0.3, -0.25) is 14.9 Å². The van der Waals surface area contributed by atoms with E-state index in [0.717, 1.165) is 37.4 Å². The zero-order valence-corrected chi connectivity index (χ0v) is 10.5. The fourth-order valence-corrected chi connectivity index (χ4v) is 3.46. The number of rotatable bonds is 3. The molecule has 0 aromatic carbocycles. The molecule has 2 fully saturated rings. The predicted molar refractivity (Wildman–Crippen MR) is 66.8 cm³/mol. The molecule has 3 heterocycles. The zero-order chi connectivity index (χ0) is 12.7. The van der Waals surface area contributed by atoms with E-state index in [1.54, 1.807) is 0 Å². The predicted octanol–water partition coefficient (Wildman–Crippen LogP) is 1.09. The van der Waals surface area contributed by atoms with Crippen LogP contribution in [0.2, 0.25) is 0 Å². The van der Waals surface area contributed by atoms with Crippen LogP contribution in [0.4, 0.5) is 5.00 Å². The van der Waals surface area contributed by atoms with Gasteiger partial charge in [0.15, 0.2) is 0 Å². The van der Waals surface area contributed by atoms with Crippen molar-refractivity contribution in [1.29, 1.82) is 0 Å². The number of nitrogens with zero attached hydrogens (tertiary/aromatic N) is 2. The standard InChI is InChI=1S/C11H13N3O3S/c15-11(9-1-2-10(18-9)14(16)17)12-8-6-13-4-3-7(8)5-13/h1-2,7-8H,3-6H2,(H,12,15)/t7-,8?/m0/s1. The lowest BCUT2D eigenvalue weighted by molar-refractivity contribution is -0.380. The highest BCUT2D eigenvalue weighted by Gasteiger charge is 2.38. The smallest absolute Gasteiger partial charge is 0.324 e. The lowest BCUT2D eigenvalue weighted by Crippen LogP contribution is -2.42. The molecule has 1 aromatic heterocycles. The highest BCUT2D eigenvalue weighted by molar-refractivity contribution is 7.17. The highest BCUT2D eigenvalue weighted by atomic mass is 32.1. The first-order valence-corrected chi connectivity index (χ1v) is 6.72. The van der Waals surface area contributed by atoms with E-state index in [1.165, 1.54) is 12.1 Å². The summed E-state index contributed by atoms with van der Waals surface area (Å²) in [5.41, 5.74) is 0. The monoisotopic (exact) mass is 267 g/mol. The van der Waals surface area contributed by atoms with Gasteiger partial charge in [0.1, 0.15) is 0 Å². The van der Waals surface area contributed by atoms with Crippen LogP contribution < -0.4 is 5.32 Å². The van der Waals surface area contributed by atoms with Gasteiger partial charge < -0.3 is 10.2 Å². The van der Waals surface area contributed by atoms with Gasteiger partial charge in [-0.2, -0.15) is 0 Å². The fourth-order valence-electron chi connectivity index (χ4n) is 2.73. The van der Waals surface area contributed by atoms with Gasteiger partial charge in [0.2, 0.25) is 0 Å². The number of amides is 1. The third-order valence-electron chi connectivity index (χ3n) is 3.64. The maximum atomic E-state index is 12.0. The second kappa shape index (κ2) is 4.33. The van der Waals surface area contributed by atoms with Crippen LogP contribution >= 0.6 is 11.3 Å². The Hall–Kier alpha value is -1.47. The Bertz CT molecular complexity index is 501. The summed E-state index contributed by atoms with van der Waals surface area (Å²) in [5.74, 6) is 0.357. The topological polar surface area (TPSA) is 75.5 Å². The molecule has 0 aliphatic carbocycles. The van der Waals surface area contributed by atoms with Gasteiger partial charge in [-0.1, -0.05) is 11.3 Å². The summed E-state index contributed by atoms with van der Waals surface area (Å²) in [5, 5.41) is 13.6. The SMILES string of the molecule is O=C(NC1CN2CC[C@H]1C2)c1ccc([N+](=O)[O-])s1. The molecule has 1 N–H and O–H groups in total. The first-order valence-electron chi connectivity index (χ1n) is 5.91. The summed E-state index contributed by atoms with van der Waals surface area (Å²) in [6.45, 7) is 3.10. The third-order valence-corrected chi connectivity index (χ3v) is 4.68. The quantitative estimate of drug-likeness (QED) is 0.657. The van der Waals surface area contributed by atoms with Crippen molar-refractivity contribution in [3.05, 3.63) is 27.1 Å². The van der Waals surface area contributed by atoms with E-state index < -0.39 is 4.92 Å². The molecule has 1 amide bonds. The molecule has 6 nitrogen and oxygen atoms in total. The molecular formula is C11H13N3O3S. The Kier molecular flexibility index (Phi) is 2.79. The Morgan fingerprint density at radius 2 is 2.33 bits per heavy atom. The molecule has 3 atom stereocenters. The van der Waals surface area contributed by atoms with E-state index in [0.29, 0.717) is 10.8 Å². The maximum absolute atomic E-state index is 12.0. The lowest BCUT2D eigenvalue weighted by Gasteiger charge is -2.22. The number of fused-ring (bicyclic) bond motifs is 2. The molecule has 2 aliphatic rings. The first kappa shape index (κ1) is 11.6. The number of piperidine rings is 1. The van der Waals surface area contributed by atoms with Gasteiger partial charge in [0.25, 0.3) is 5.91 Å². The van der Waals surface area contributed by atoms with Crippen molar-refractivity contribution in [2.45, 2.75) is 12.5 Å². The molecule has 0 saturated carbocycles. The van der Waals surface area contributed by atoms with E-state index in [4.69, 9.17) is 0 Å². The van der Waals surface area contributed by atoms with Crippen molar-refractivity contribution in [2.75, 3.05) is 19.6 Å². The number of carbonyl (C=O) groups is 1. The van der Waals surface area contributed by atoms with E-state index in [2.05, 4.69) is 10.2 Å². The summed E-state index contributed by atoms with van der Waals surface area (Å²) < 4.78 is 0. The van der Waals surface area contributed by atoms with Gasteiger partial charge in [0.05, 0.1) is 9.80 Å². The number of hydrogen-bond acceptors (Lipinski definition) is 5. The second-order valence-electron chi connectivity index (χ2n) is 4.78. The number of thiophene rings is 1. The lowest BCUT2D eigenvalue weighted by atomic mass is 10.00. The van der Waals surface area contributed by atoms with E-state index in [-0.39, 0.29) is 17.0 Å². The molecule has 2 aliphatic heterocycles. The minimum atomic E-state index is -0.468. The minimum absolute atomic E-state index is 0.0110. The van der Waals surface area contributed by atoms with Gasteiger partial charge >= 0.3 is 5.00 Å². The minimum Gasteiger partial charge on any atom is -0.347 e. The zero-order valence-electron chi connectivity index (χ0n) is 9.67. The average molecular weight is 267 g/mol. The van der Waals surface area contributed by atoms with Crippen molar-refractivity contribution in [3.8, 4) is 0 Å². The average Bonchev–Trinajstić information content (AvgIpc) is 3.04. The molecule has 18 heavy (non-hydrogen) atoms. The van der Waals surface area contributed by atoms with Crippen molar-refractivity contribution >= 4 is 22.2 Å². The molecule has 3 rings (SSSR count). The highest BCUT2D eigenvalue weighted by Crippen LogP contribution is 2.29. The third kappa shape index (κ3) is 1.99. The maximum Gasteiger partial charge on any atom is 0.324 e. The van der Waals surface area contributed by atoms with Crippen LogP contribution in [-0.4, -0.2) is 41.4 Å². The van der Waals surface area contributed by atoms with E-state index in [9.17, 15) is 14.9 Å². The fraction of sp³-hybridized carbons (Fsp3) is 0.545.